The summed E-state index contributed by atoms with van der Waals surface area (Å²) >= 11 is 0. The van der Waals surface area contributed by atoms with Crippen LogP contribution in [0, 0.1) is 5.92 Å². The van der Waals surface area contributed by atoms with Gasteiger partial charge in [0.15, 0.2) is 0 Å². The number of carboxylic acids is 1. The van der Waals surface area contributed by atoms with Crippen LogP contribution in [0.3, 0.4) is 0 Å². The Morgan fingerprint density at radius 2 is 2.14 bits per heavy atom. The monoisotopic (exact) mass is 292 g/mol. The number of aromatic carboxylic acids is 1. The van der Waals surface area contributed by atoms with Gasteiger partial charge in [-0.3, -0.25) is 4.57 Å². The molecule has 1 atom stereocenters. The minimum Gasteiger partial charge on any atom is -0.478 e. The van der Waals surface area contributed by atoms with Gasteiger partial charge in [-0.1, -0.05) is 19.9 Å². The van der Waals surface area contributed by atoms with Crippen LogP contribution in [0.1, 0.15) is 37.2 Å². The van der Waals surface area contributed by atoms with Crippen molar-refractivity contribution in [2.75, 3.05) is 13.2 Å². The first kappa shape index (κ1) is 15.3. The molecule has 1 aromatic heterocycles. The van der Waals surface area contributed by atoms with E-state index in [0.29, 0.717) is 24.2 Å². The van der Waals surface area contributed by atoms with E-state index in [2.05, 4.69) is 4.98 Å². The highest BCUT2D eigenvalue weighted by atomic mass is 16.5. The highest BCUT2D eigenvalue weighted by Crippen LogP contribution is 2.23. The zero-order valence-electron chi connectivity index (χ0n) is 12.4. The van der Waals surface area contributed by atoms with Gasteiger partial charge in [0.1, 0.15) is 0 Å². The number of aromatic amines is 1. The number of nitrogens with zero attached hydrogens (tertiary/aromatic N) is 1. The van der Waals surface area contributed by atoms with Crippen molar-refractivity contribution in [1.29, 1.82) is 0 Å². The fraction of sp³-hybridized carbons (Fsp3) is 0.467. The summed E-state index contributed by atoms with van der Waals surface area (Å²) in [6.45, 7) is 6.91. The maximum absolute atomic E-state index is 12.3. The third-order valence-electron chi connectivity index (χ3n) is 3.58. The Labute approximate surface area is 122 Å². The average Bonchev–Trinajstić information content (AvgIpc) is 2.75. The lowest BCUT2D eigenvalue weighted by molar-refractivity contribution is 0.0699. The van der Waals surface area contributed by atoms with Gasteiger partial charge < -0.3 is 14.8 Å². The third-order valence-corrected chi connectivity index (χ3v) is 3.58. The zero-order valence-corrected chi connectivity index (χ0v) is 12.4. The molecule has 0 fully saturated rings. The van der Waals surface area contributed by atoms with Crippen LogP contribution in [0.15, 0.2) is 23.0 Å². The third kappa shape index (κ3) is 2.85. The summed E-state index contributed by atoms with van der Waals surface area (Å²) in [6, 6.07) is 4.74. The molecule has 0 aliphatic heterocycles. The molecule has 1 unspecified atom stereocenters. The molecule has 21 heavy (non-hydrogen) atoms. The van der Waals surface area contributed by atoms with Crippen LogP contribution in [0.25, 0.3) is 11.0 Å². The molecule has 6 nitrogen and oxygen atoms in total. The Bertz CT molecular complexity index is 699. The second-order valence-electron chi connectivity index (χ2n) is 5.28. The van der Waals surface area contributed by atoms with Gasteiger partial charge in [0.25, 0.3) is 0 Å². The zero-order chi connectivity index (χ0) is 15.6. The van der Waals surface area contributed by atoms with Crippen LogP contribution in [0.2, 0.25) is 0 Å². The second-order valence-corrected chi connectivity index (χ2v) is 5.28. The topological polar surface area (TPSA) is 84.3 Å². The highest BCUT2D eigenvalue weighted by molar-refractivity contribution is 6.00. The summed E-state index contributed by atoms with van der Waals surface area (Å²) in [7, 11) is 0. The van der Waals surface area contributed by atoms with Crippen molar-refractivity contribution in [3.05, 3.63) is 34.2 Å². The van der Waals surface area contributed by atoms with Crippen LogP contribution < -0.4 is 5.69 Å². The van der Waals surface area contributed by atoms with Crippen molar-refractivity contribution in [1.82, 2.24) is 9.55 Å². The summed E-state index contributed by atoms with van der Waals surface area (Å²) < 4.78 is 7.07. The standard InChI is InChI=1S/C15H20N2O4/c1-4-21-8-12(9(2)3)17-11-7-5-6-10(14(18)19)13(11)16-15(17)20/h5-7,9,12H,4,8H2,1-3H3,(H,16,20)(H,18,19). The Hall–Kier alpha value is -2.08. The molecule has 114 valence electrons. The molecule has 2 rings (SSSR count). The van der Waals surface area contributed by atoms with Gasteiger partial charge in [0.05, 0.1) is 29.2 Å². The first-order valence-corrected chi connectivity index (χ1v) is 7.01. The smallest absolute Gasteiger partial charge is 0.337 e. The van der Waals surface area contributed by atoms with E-state index in [4.69, 9.17) is 4.74 Å². The number of para-hydroxylation sites is 1. The van der Waals surface area contributed by atoms with Crippen LogP contribution in [0.4, 0.5) is 0 Å². The van der Waals surface area contributed by atoms with Crippen LogP contribution in [0.5, 0.6) is 0 Å². The first-order chi connectivity index (χ1) is 9.97. The summed E-state index contributed by atoms with van der Waals surface area (Å²) in [4.78, 5) is 26.2. The molecule has 2 N–H and O–H groups in total. The van der Waals surface area contributed by atoms with Gasteiger partial charge in [0.2, 0.25) is 0 Å². The lowest BCUT2D eigenvalue weighted by Crippen LogP contribution is -2.29. The Morgan fingerprint density at radius 1 is 1.43 bits per heavy atom. The molecule has 0 aliphatic carbocycles. The van der Waals surface area contributed by atoms with E-state index in [-0.39, 0.29) is 23.2 Å². The van der Waals surface area contributed by atoms with Crippen molar-refractivity contribution < 1.29 is 14.6 Å². The first-order valence-electron chi connectivity index (χ1n) is 7.01. The molecule has 1 heterocycles. The number of fused-ring (bicyclic) bond motifs is 1. The predicted octanol–water partition coefficient (Wildman–Crippen LogP) is 2.26. The Balaban J connectivity index is 2.63. The largest absolute Gasteiger partial charge is 0.478 e. The van der Waals surface area contributed by atoms with Crippen LogP contribution in [-0.4, -0.2) is 33.8 Å². The number of hydrogen-bond acceptors (Lipinski definition) is 3. The maximum atomic E-state index is 12.3. The number of nitrogens with one attached hydrogen (secondary N) is 1. The molecule has 0 radical (unpaired) electrons. The molecule has 2 aromatic rings. The van der Waals surface area contributed by atoms with Gasteiger partial charge >= 0.3 is 11.7 Å². The Morgan fingerprint density at radius 3 is 2.71 bits per heavy atom. The highest BCUT2D eigenvalue weighted by Gasteiger charge is 2.22. The normalized spacial score (nSPS) is 13.0. The maximum Gasteiger partial charge on any atom is 0.337 e. The second kappa shape index (κ2) is 6.13. The number of imidazole rings is 1. The van der Waals surface area contributed by atoms with Gasteiger partial charge in [-0.05, 0) is 25.0 Å². The van der Waals surface area contributed by atoms with Crippen LogP contribution in [-0.2, 0) is 4.74 Å². The molecule has 1 aromatic carbocycles. The van der Waals surface area contributed by atoms with Gasteiger partial charge in [-0.2, -0.15) is 0 Å². The predicted molar refractivity (Wildman–Crippen MR) is 79.9 cm³/mol. The summed E-state index contributed by atoms with van der Waals surface area (Å²) in [5.74, 6) is -0.873. The van der Waals surface area contributed by atoms with Crippen molar-refractivity contribution in [3.63, 3.8) is 0 Å². The number of carboxylic acid groups (broad SMARTS) is 1. The van der Waals surface area contributed by atoms with E-state index >= 15 is 0 Å². The van der Waals surface area contributed by atoms with E-state index < -0.39 is 5.97 Å². The quantitative estimate of drug-likeness (QED) is 0.855. The number of rotatable bonds is 6. The number of benzene rings is 1. The molecular formula is C15H20N2O4. The number of H-pyrrole nitrogens is 1. The van der Waals surface area contributed by atoms with Gasteiger partial charge in [0, 0.05) is 6.61 Å². The summed E-state index contributed by atoms with van der Waals surface area (Å²) in [5.41, 5.74) is 0.745. The number of hydrogen-bond donors (Lipinski definition) is 2. The molecule has 0 amide bonds. The average molecular weight is 292 g/mol. The SMILES string of the molecule is CCOCC(C(C)C)n1c(=O)[nH]c2c(C(=O)O)cccc21. The van der Waals surface area contributed by atoms with E-state index in [1.807, 2.05) is 20.8 Å². The van der Waals surface area contributed by atoms with Crippen molar-refractivity contribution in [2.24, 2.45) is 5.92 Å². The lowest BCUT2D eigenvalue weighted by atomic mass is 10.0. The minimum absolute atomic E-state index is 0.0993. The van der Waals surface area contributed by atoms with E-state index in [9.17, 15) is 14.7 Å². The molecule has 6 heteroatoms. The van der Waals surface area contributed by atoms with E-state index in [1.165, 1.54) is 6.07 Å². The molecule has 0 saturated heterocycles. The Kier molecular flexibility index (Phi) is 4.47. The van der Waals surface area contributed by atoms with Gasteiger partial charge in [-0.25, -0.2) is 9.59 Å². The number of ether oxygens (including phenoxy) is 1. The molecule has 0 spiro atoms. The van der Waals surface area contributed by atoms with Crippen LogP contribution >= 0.6 is 0 Å². The van der Waals surface area contributed by atoms with E-state index in [1.54, 1.807) is 16.7 Å². The lowest BCUT2D eigenvalue weighted by Gasteiger charge is -2.22. The van der Waals surface area contributed by atoms with Crippen molar-refractivity contribution in [2.45, 2.75) is 26.8 Å². The summed E-state index contributed by atoms with van der Waals surface area (Å²) in [6.07, 6.45) is 0. The van der Waals surface area contributed by atoms with Crippen molar-refractivity contribution >= 4 is 17.0 Å². The number of aromatic nitrogens is 2. The molecule has 0 aliphatic rings. The fourth-order valence-electron chi connectivity index (χ4n) is 2.46. The molecular weight excluding hydrogens is 272 g/mol. The molecule has 0 bridgehead atoms. The van der Waals surface area contributed by atoms with Crippen molar-refractivity contribution in [3.8, 4) is 0 Å². The van der Waals surface area contributed by atoms with Gasteiger partial charge in [-0.15, -0.1) is 0 Å². The van der Waals surface area contributed by atoms with E-state index in [0.717, 1.165) is 0 Å². The molecule has 0 saturated carbocycles. The summed E-state index contributed by atoms with van der Waals surface area (Å²) in [5, 5.41) is 9.22. The number of carbonyl (C=O) groups is 1. The minimum atomic E-state index is -1.06. The fourth-order valence-corrected chi connectivity index (χ4v) is 2.46.